The van der Waals surface area contributed by atoms with Gasteiger partial charge in [-0.05, 0) is 25.0 Å². The van der Waals surface area contributed by atoms with Crippen LogP contribution < -0.4 is 10.6 Å². The van der Waals surface area contributed by atoms with Crippen LogP contribution in [0.15, 0.2) is 18.2 Å². The predicted molar refractivity (Wildman–Crippen MR) is 66.2 cm³/mol. The van der Waals surface area contributed by atoms with Crippen molar-refractivity contribution in [1.29, 1.82) is 0 Å². The minimum Gasteiger partial charge on any atom is -0.506 e. The van der Waals surface area contributed by atoms with Crippen molar-refractivity contribution in [3.05, 3.63) is 18.2 Å². The van der Waals surface area contributed by atoms with Gasteiger partial charge >= 0.3 is 0 Å². The van der Waals surface area contributed by atoms with Crippen LogP contribution in [0.1, 0.15) is 32.1 Å². The van der Waals surface area contributed by atoms with Crippen molar-refractivity contribution < 1.29 is 9.90 Å². The number of amides is 1. The zero-order valence-corrected chi connectivity index (χ0v) is 9.62. The smallest absolute Gasteiger partial charge is 0.250 e. The Labute approximate surface area is 100 Å². The van der Waals surface area contributed by atoms with Crippen molar-refractivity contribution in [1.82, 2.24) is 0 Å². The molecular formula is C13H16N2O2. The minimum absolute atomic E-state index is 0.0373. The Balaban J connectivity index is 2.01. The van der Waals surface area contributed by atoms with Crippen LogP contribution in [0, 0.1) is 0 Å². The van der Waals surface area contributed by atoms with E-state index in [1.807, 2.05) is 0 Å². The first kappa shape index (κ1) is 10.4. The van der Waals surface area contributed by atoms with Gasteiger partial charge in [-0.25, -0.2) is 0 Å². The van der Waals surface area contributed by atoms with E-state index >= 15 is 0 Å². The Hall–Kier alpha value is -1.71. The van der Waals surface area contributed by atoms with Gasteiger partial charge in [-0.15, -0.1) is 0 Å². The maximum absolute atomic E-state index is 12.2. The molecule has 17 heavy (non-hydrogen) atoms. The molecule has 1 aromatic carbocycles. The van der Waals surface area contributed by atoms with E-state index in [2.05, 4.69) is 10.6 Å². The molecule has 1 aromatic rings. The first-order chi connectivity index (χ1) is 8.21. The first-order valence-electron chi connectivity index (χ1n) is 6.13. The van der Waals surface area contributed by atoms with Crippen molar-refractivity contribution in [3.8, 4) is 5.75 Å². The highest BCUT2D eigenvalue weighted by atomic mass is 16.3. The van der Waals surface area contributed by atoms with Gasteiger partial charge in [0.05, 0.1) is 5.69 Å². The molecule has 1 aliphatic heterocycles. The largest absolute Gasteiger partial charge is 0.506 e. The fourth-order valence-electron chi connectivity index (χ4n) is 2.82. The summed E-state index contributed by atoms with van der Waals surface area (Å²) in [4.78, 5) is 12.2. The zero-order chi connectivity index (χ0) is 11.9. The lowest BCUT2D eigenvalue weighted by atomic mass is 9.79. The normalized spacial score (nSPS) is 21.5. The van der Waals surface area contributed by atoms with E-state index in [1.54, 1.807) is 18.2 Å². The van der Waals surface area contributed by atoms with Crippen LogP contribution in [-0.2, 0) is 4.79 Å². The van der Waals surface area contributed by atoms with Crippen molar-refractivity contribution in [3.63, 3.8) is 0 Å². The maximum atomic E-state index is 12.2. The molecule has 1 amide bonds. The Morgan fingerprint density at radius 1 is 1.18 bits per heavy atom. The molecule has 0 saturated heterocycles. The van der Waals surface area contributed by atoms with E-state index in [0.717, 1.165) is 25.7 Å². The molecule has 0 bridgehead atoms. The third-order valence-corrected chi connectivity index (χ3v) is 3.80. The van der Waals surface area contributed by atoms with Gasteiger partial charge in [0, 0.05) is 0 Å². The van der Waals surface area contributed by atoms with Gasteiger partial charge in [0.25, 0.3) is 0 Å². The van der Waals surface area contributed by atoms with Crippen LogP contribution in [0.25, 0.3) is 0 Å². The number of para-hydroxylation sites is 1. The Morgan fingerprint density at radius 3 is 2.71 bits per heavy atom. The van der Waals surface area contributed by atoms with Crippen LogP contribution >= 0.6 is 0 Å². The van der Waals surface area contributed by atoms with Crippen LogP contribution in [0.3, 0.4) is 0 Å². The highest BCUT2D eigenvalue weighted by Crippen LogP contribution is 2.42. The number of fused-ring (bicyclic) bond motifs is 1. The number of phenols is 1. The van der Waals surface area contributed by atoms with Crippen molar-refractivity contribution in [2.24, 2.45) is 0 Å². The summed E-state index contributed by atoms with van der Waals surface area (Å²) in [5.41, 5.74) is 0.824. The summed E-state index contributed by atoms with van der Waals surface area (Å²) < 4.78 is 0. The average Bonchev–Trinajstić information content (AvgIpc) is 2.34. The van der Waals surface area contributed by atoms with Crippen LogP contribution in [0.5, 0.6) is 5.75 Å². The highest BCUT2D eigenvalue weighted by molar-refractivity contribution is 6.07. The molecule has 4 nitrogen and oxygen atoms in total. The third kappa shape index (κ3) is 1.55. The molecule has 3 rings (SSSR count). The maximum Gasteiger partial charge on any atom is 0.250 e. The summed E-state index contributed by atoms with van der Waals surface area (Å²) in [6, 6.07) is 5.17. The number of hydrogen-bond donors (Lipinski definition) is 3. The number of nitrogens with one attached hydrogen (secondary N) is 2. The molecule has 1 heterocycles. The predicted octanol–water partition coefficient (Wildman–Crippen LogP) is 2.46. The molecule has 0 radical (unpaired) electrons. The molecular weight excluding hydrogens is 216 g/mol. The second kappa shape index (κ2) is 3.65. The average molecular weight is 232 g/mol. The topological polar surface area (TPSA) is 61.4 Å². The van der Waals surface area contributed by atoms with Crippen molar-refractivity contribution in [2.45, 2.75) is 37.6 Å². The van der Waals surface area contributed by atoms with Gasteiger partial charge in [0.1, 0.15) is 17.0 Å². The lowest BCUT2D eigenvalue weighted by Crippen LogP contribution is -2.53. The summed E-state index contributed by atoms with van der Waals surface area (Å²) in [6.07, 6.45) is 4.98. The SMILES string of the molecule is O=C1Nc2cccc(O)c2NC12CCCCC2. The molecule has 1 saturated carbocycles. The van der Waals surface area contributed by atoms with Gasteiger partial charge in [-0.3, -0.25) is 4.79 Å². The molecule has 1 spiro atoms. The lowest BCUT2D eigenvalue weighted by molar-refractivity contribution is -0.121. The molecule has 3 N–H and O–H groups in total. The van der Waals surface area contributed by atoms with Gasteiger partial charge in [0.15, 0.2) is 0 Å². The quantitative estimate of drug-likeness (QED) is 0.602. The summed E-state index contributed by atoms with van der Waals surface area (Å²) in [7, 11) is 0. The fourth-order valence-corrected chi connectivity index (χ4v) is 2.82. The van der Waals surface area contributed by atoms with Crippen molar-refractivity contribution in [2.75, 3.05) is 10.6 Å². The Kier molecular flexibility index (Phi) is 2.24. The molecule has 90 valence electrons. The van der Waals surface area contributed by atoms with Crippen LogP contribution in [0.2, 0.25) is 0 Å². The molecule has 4 heteroatoms. The second-order valence-electron chi connectivity index (χ2n) is 4.92. The first-order valence-corrected chi connectivity index (χ1v) is 6.13. The number of carbonyl (C=O) groups is 1. The molecule has 0 aromatic heterocycles. The zero-order valence-electron chi connectivity index (χ0n) is 9.62. The van der Waals surface area contributed by atoms with E-state index in [1.165, 1.54) is 6.42 Å². The van der Waals surface area contributed by atoms with Crippen LogP contribution in [-0.4, -0.2) is 16.6 Å². The molecule has 2 aliphatic rings. The summed E-state index contributed by atoms with van der Waals surface area (Å²) in [6.45, 7) is 0. The number of rotatable bonds is 0. The monoisotopic (exact) mass is 232 g/mol. The summed E-state index contributed by atoms with van der Waals surface area (Å²) in [5, 5.41) is 16.0. The van der Waals surface area contributed by atoms with E-state index in [0.29, 0.717) is 11.4 Å². The number of benzene rings is 1. The van der Waals surface area contributed by atoms with E-state index in [-0.39, 0.29) is 11.7 Å². The third-order valence-electron chi connectivity index (χ3n) is 3.80. The summed E-state index contributed by atoms with van der Waals surface area (Å²) in [5.74, 6) is 0.239. The Bertz CT molecular complexity index is 464. The number of carbonyl (C=O) groups excluding carboxylic acids is 1. The van der Waals surface area contributed by atoms with Crippen molar-refractivity contribution >= 4 is 17.3 Å². The number of hydrogen-bond acceptors (Lipinski definition) is 3. The van der Waals surface area contributed by atoms with E-state index in [4.69, 9.17) is 0 Å². The molecule has 1 aliphatic carbocycles. The molecule has 0 unspecified atom stereocenters. The minimum atomic E-state index is -0.510. The number of phenolic OH excluding ortho intramolecular Hbond substituents is 1. The van der Waals surface area contributed by atoms with Crippen LogP contribution in [0.4, 0.5) is 11.4 Å². The second-order valence-corrected chi connectivity index (χ2v) is 4.92. The van der Waals surface area contributed by atoms with E-state index in [9.17, 15) is 9.90 Å². The summed E-state index contributed by atoms with van der Waals surface area (Å²) >= 11 is 0. The standard InChI is InChI=1S/C13H16N2O2/c16-10-6-4-5-9-11(10)15-13(12(17)14-9)7-2-1-3-8-13/h4-6,15-16H,1-3,7-8H2,(H,14,17). The molecule has 1 fully saturated rings. The highest BCUT2D eigenvalue weighted by Gasteiger charge is 2.43. The van der Waals surface area contributed by atoms with Gasteiger partial charge in [-0.1, -0.05) is 25.3 Å². The van der Waals surface area contributed by atoms with E-state index < -0.39 is 5.54 Å². The lowest BCUT2D eigenvalue weighted by Gasteiger charge is -2.41. The fraction of sp³-hybridized carbons (Fsp3) is 0.462. The Morgan fingerprint density at radius 2 is 1.94 bits per heavy atom. The molecule has 0 atom stereocenters. The van der Waals surface area contributed by atoms with Gasteiger partial charge in [0.2, 0.25) is 5.91 Å². The number of anilines is 2. The van der Waals surface area contributed by atoms with Gasteiger partial charge in [-0.2, -0.15) is 0 Å². The number of aromatic hydroxyl groups is 1. The van der Waals surface area contributed by atoms with Gasteiger partial charge < -0.3 is 15.7 Å².